The molecule has 0 bridgehead atoms. The topological polar surface area (TPSA) is 66.4 Å². The number of hydrogen-bond acceptors (Lipinski definition) is 2. The van der Waals surface area contributed by atoms with Crippen LogP contribution < -0.4 is 5.32 Å². The third-order valence-corrected chi connectivity index (χ3v) is 2.09. The van der Waals surface area contributed by atoms with Crippen LogP contribution in [0.25, 0.3) is 0 Å². The molecule has 1 aliphatic carbocycles. The zero-order valence-electron chi connectivity index (χ0n) is 7.32. The van der Waals surface area contributed by atoms with Gasteiger partial charge in [-0.3, -0.25) is 9.59 Å². The highest BCUT2D eigenvalue weighted by Crippen LogP contribution is 2.38. The summed E-state index contributed by atoms with van der Waals surface area (Å²) in [5.74, 6) is -1.77. The molecule has 0 aromatic carbocycles. The first-order chi connectivity index (χ1) is 6.16. The summed E-state index contributed by atoms with van der Waals surface area (Å²) in [4.78, 5) is 21.6. The first-order valence-electron chi connectivity index (χ1n) is 4.28. The van der Waals surface area contributed by atoms with Crippen molar-refractivity contribution in [2.75, 3.05) is 6.54 Å². The van der Waals surface area contributed by atoms with Crippen LogP contribution >= 0.6 is 0 Å². The van der Waals surface area contributed by atoms with E-state index in [9.17, 15) is 9.59 Å². The summed E-state index contributed by atoms with van der Waals surface area (Å²) in [6.45, 7) is 4.06. The van der Waals surface area contributed by atoms with Crippen LogP contribution in [0.2, 0.25) is 0 Å². The van der Waals surface area contributed by atoms with Gasteiger partial charge in [0.25, 0.3) is 0 Å². The van der Waals surface area contributed by atoms with E-state index in [0.29, 0.717) is 13.0 Å². The van der Waals surface area contributed by atoms with Gasteiger partial charge in [0.05, 0.1) is 11.8 Å². The fraction of sp³-hybridized carbons (Fsp3) is 0.556. The SMILES string of the molecule is C=CCCNC(=O)C1CC1C(=O)O. The van der Waals surface area contributed by atoms with Gasteiger partial charge in [0.15, 0.2) is 0 Å². The molecule has 1 saturated carbocycles. The summed E-state index contributed by atoms with van der Waals surface area (Å²) in [5.41, 5.74) is 0. The van der Waals surface area contributed by atoms with E-state index in [2.05, 4.69) is 11.9 Å². The third-order valence-electron chi connectivity index (χ3n) is 2.09. The van der Waals surface area contributed by atoms with E-state index in [0.717, 1.165) is 6.42 Å². The van der Waals surface area contributed by atoms with E-state index < -0.39 is 11.9 Å². The normalized spacial score (nSPS) is 24.9. The number of nitrogens with one attached hydrogen (secondary N) is 1. The van der Waals surface area contributed by atoms with Gasteiger partial charge >= 0.3 is 5.97 Å². The van der Waals surface area contributed by atoms with Crippen LogP contribution in [0.4, 0.5) is 0 Å². The average molecular weight is 183 g/mol. The van der Waals surface area contributed by atoms with Gasteiger partial charge in [-0.05, 0) is 12.8 Å². The summed E-state index contributed by atoms with van der Waals surface area (Å²) in [6.07, 6.45) is 2.91. The maximum absolute atomic E-state index is 11.2. The van der Waals surface area contributed by atoms with Crippen molar-refractivity contribution >= 4 is 11.9 Å². The number of carboxylic acids is 1. The molecule has 0 aromatic rings. The molecule has 72 valence electrons. The van der Waals surface area contributed by atoms with Crippen molar-refractivity contribution in [3.8, 4) is 0 Å². The lowest BCUT2D eigenvalue weighted by Crippen LogP contribution is -2.27. The number of amides is 1. The number of carbonyl (C=O) groups is 2. The Hall–Kier alpha value is -1.32. The first-order valence-corrected chi connectivity index (χ1v) is 4.28. The van der Waals surface area contributed by atoms with Crippen molar-refractivity contribution in [1.82, 2.24) is 5.32 Å². The fourth-order valence-electron chi connectivity index (χ4n) is 1.19. The molecule has 4 heteroatoms. The van der Waals surface area contributed by atoms with E-state index in [1.54, 1.807) is 6.08 Å². The monoisotopic (exact) mass is 183 g/mol. The first kappa shape index (κ1) is 9.77. The predicted molar refractivity (Wildman–Crippen MR) is 47.1 cm³/mol. The molecular formula is C9H13NO3. The Balaban J connectivity index is 2.19. The molecule has 1 amide bonds. The van der Waals surface area contributed by atoms with Crippen molar-refractivity contribution in [3.05, 3.63) is 12.7 Å². The van der Waals surface area contributed by atoms with Crippen LogP contribution in [0.15, 0.2) is 12.7 Å². The highest BCUT2D eigenvalue weighted by Gasteiger charge is 2.48. The number of hydrogen-bond donors (Lipinski definition) is 2. The van der Waals surface area contributed by atoms with E-state index in [1.807, 2.05) is 0 Å². The second kappa shape index (κ2) is 4.07. The minimum atomic E-state index is -0.871. The predicted octanol–water partition coefficient (Wildman–Crippen LogP) is 0.399. The summed E-state index contributed by atoms with van der Waals surface area (Å²) in [5, 5.41) is 11.2. The third kappa shape index (κ3) is 2.57. The Bertz CT molecular complexity index is 237. The van der Waals surface area contributed by atoms with Crippen LogP contribution in [0, 0.1) is 11.8 Å². The Morgan fingerprint density at radius 2 is 2.23 bits per heavy atom. The van der Waals surface area contributed by atoms with Crippen molar-refractivity contribution in [2.24, 2.45) is 11.8 Å². The van der Waals surface area contributed by atoms with E-state index in [-0.39, 0.29) is 11.8 Å². The molecule has 1 rings (SSSR count). The maximum Gasteiger partial charge on any atom is 0.307 e. The van der Waals surface area contributed by atoms with Crippen molar-refractivity contribution in [2.45, 2.75) is 12.8 Å². The van der Waals surface area contributed by atoms with Crippen molar-refractivity contribution < 1.29 is 14.7 Å². The molecule has 2 N–H and O–H groups in total. The average Bonchev–Trinajstić information content (AvgIpc) is 2.83. The molecule has 0 heterocycles. The van der Waals surface area contributed by atoms with E-state index in [4.69, 9.17) is 5.11 Å². The maximum atomic E-state index is 11.2. The van der Waals surface area contributed by atoms with Crippen LogP contribution in [0.5, 0.6) is 0 Å². The summed E-state index contributed by atoms with van der Waals surface area (Å²) < 4.78 is 0. The Morgan fingerprint density at radius 1 is 1.54 bits per heavy atom. The Labute approximate surface area is 76.6 Å². The second-order valence-corrected chi connectivity index (χ2v) is 3.16. The van der Waals surface area contributed by atoms with Crippen LogP contribution in [0.3, 0.4) is 0 Å². The van der Waals surface area contributed by atoms with Gasteiger partial charge in [0.1, 0.15) is 0 Å². The van der Waals surface area contributed by atoms with Gasteiger partial charge in [0, 0.05) is 6.54 Å². The van der Waals surface area contributed by atoms with Crippen molar-refractivity contribution in [1.29, 1.82) is 0 Å². The fourth-order valence-corrected chi connectivity index (χ4v) is 1.19. The van der Waals surface area contributed by atoms with E-state index >= 15 is 0 Å². The lowest BCUT2D eigenvalue weighted by Gasteiger charge is -2.00. The highest BCUT2D eigenvalue weighted by atomic mass is 16.4. The molecule has 1 fully saturated rings. The van der Waals surface area contributed by atoms with Crippen molar-refractivity contribution in [3.63, 3.8) is 0 Å². The molecule has 4 nitrogen and oxygen atoms in total. The number of aliphatic carboxylic acids is 1. The van der Waals surface area contributed by atoms with Gasteiger partial charge in [-0.2, -0.15) is 0 Å². The van der Waals surface area contributed by atoms with Gasteiger partial charge in [0.2, 0.25) is 5.91 Å². The smallest absolute Gasteiger partial charge is 0.307 e. The number of carbonyl (C=O) groups excluding carboxylic acids is 1. The van der Waals surface area contributed by atoms with E-state index in [1.165, 1.54) is 0 Å². The van der Waals surface area contributed by atoms with Gasteiger partial charge in [-0.15, -0.1) is 6.58 Å². The number of carboxylic acid groups (broad SMARTS) is 1. The second-order valence-electron chi connectivity index (χ2n) is 3.16. The molecule has 0 spiro atoms. The van der Waals surface area contributed by atoms with Gasteiger partial charge in [-0.25, -0.2) is 0 Å². The zero-order valence-corrected chi connectivity index (χ0v) is 7.32. The summed E-state index contributed by atoms with van der Waals surface area (Å²) in [7, 11) is 0. The molecule has 0 aliphatic heterocycles. The molecule has 2 unspecified atom stereocenters. The minimum Gasteiger partial charge on any atom is -0.481 e. The van der Waals surface area contributed by atoms with Crippen LogP contribution in [-0.4, -0.2) is 23.5 Å². The quantitative estimate of drug-likeness (QED) is 0.479. The van der Waals surface area contributed by atoms with Gasteiger partial charge in [-0.1, -0.05) is 6.08 Å². The molecule has 0 aromatic heterocycles. The molecule has 0 saturated heterocycles. The largest absolute Gasteiger partial charge is 0.481 e. The number of rotatable bonds is 5. The highest BCUT2D eigenvalue weighted by molar-refractivity contribution is 5.89. The lowest BCUT2D eigenvalue weighted by atomic mass is 10.3. The molecule has 13 heavy (non-hydrogen) atoms. The summed E-state index contributed by atoms with van der Waals surface area (Å²) in [6, 6.07) is 0. The minimum absolute atomic E-state index is 0.144. The lowest BCUT2D eigenvalue weighted by molar-refractivity contribution is -0.140. The Morgan fingerprint density at radius 3 is 2.69 bits per heavy atom. The standard InChI is InChI=1S/C9H13NO3/c1-2-3-4-10-8(11)6-5-7(6)9(12)13/h2,6-7H,1,3-5H2,(H,10,11)(H,12,13). The van der Waals surface area contributed by atoms with Gasteiger partial charge < -0.3 is 10.4 Å². The zero-order chi connectivity index (χ0) is 9.84. The molecule has 1 aliphatic rings. The summed E-state index contributed by atoms with van der Waals surface area (Å²) >= 11 is 0. The Kier molecular flexibility index (Phi) is 3.06. The molecule has 0 radical (unpaired) electrons. The molecular weight excluding hydrogens is 170 g/mol. The van der Waals surface area contributed by atoms with Crippen LogP contribution in [0.1, 0.15) is 12.8 Å². The molecule has 2 atom stereocenters. The van der Waals surface area contributed by atoms with Crippen LogP contribution in [-0.2, 0) is 9.59 Å².